The van der Waals surface area contributed by atoms with E-state index in [9.17, 15) is 4.79 Å². The Bertz CT molecular complexity index is 628. The van der Waals surface area contributed by atoms with Gasteiger partial charge < -0.3 is 14.8 Å². The van der Waals surface area contributed by atoms with Gasteiger partial charge in [0.1, 0.15) is 6.61 Å². The minimum Gasteiger partial charge on any atom is -0.460 e. The predicted molar refractivity (Wildman–Crippen MR) is 103 cm³/mol. The van der Waals surface area contributed by atoms with Crippen molar-refractivity contribution < 1.29 is 14.3 Å². The van der Waals surface area contributed by atoms with E-state index in [1.165, 1.54) is 0 Å². The first-order valence-corrected chi connectivity index (χ1v) is 9.75. The second kappa shape index (κ2) is 8.36. The number of nitrogens with one attached hydrogen (secondary N) is 1. The lowest BCUT2D eigenvalue weighted by molar-refractivity contribution is -0.157. The van der Waals surface area contributed by atoms with Gasteiger partial charge in [0, 0.05) is 18.7 Å². The van der Waals surface area contributed by atoms with Gasteiger partial charge in [-0.25, -0.2) is 0 Å². The minimum absolute atomic E-state index is 0.114. The molecule has 1 aromatic rings. The highest BCUT2D eigenvalue weighted by molar-refractivity contribution is 5.80. The van der Waals surface area contributed by atoms with E-state index in [1.54, 1.807) is 0 Å². The van der Waals surface area contributed by atoms with Gasteiger partial charge in [-0.05, 0) is 30.2 Å². The van der Waals surface area contributed by atoms with Gasteiger partial charge in [-0.1, -0.05) is 63.3 Å². The third-order valence-electron chi connectivity index (χ3n) is 5.88. The molecule has 142 valence electrons. The molecule has 0 spiro atoms. The largest absolute Gasteiger partial charge is 0.460 e. The van der Waals surface area contributed by atoms with Gasteiger partial charge in [0.15, 0.2) is 0 Å². The summed E-state index contributed by atoms with van der Waals surface area (Å²) in [5.74, 6) is 0.578. The monoisotopic (exact) mass is 357 g/mol. The van der Waals surface area contributed by atoms with Crippen LogP contribution in [0.4, 0.5) is 0 Å². The summed E-state index contributed by atoms with van der Waals surface area (Å²) >= 11 is 0. The van der Waals surface area contributed by atoms with Crippen LogP contribution in [0.1, 0.15) is 39.2 Å². The lowest BCUT2D eigenvalue weighted by Crippen LogP contribution is -2.47. The number of carbonyl (C=O) groups excluding carboxylic acids is 1. The quantitative estimate of drug-likeness (QED) is 0.623. The molecule has 1 aliphatic carbocycles. The molecule has 4 nitrogen and oxygen atoms in total. The van der Waals surface area contributed by atoms with E-state index in [1.807, 2.05) is 30.3 Å². The lowest BCUT2D eigenvalue weighted by atomic mass is 9.76. The summed E-state index contributed by atoms with van der Waals surface area (Å²) < 4.78 is 11.2. The van der Waals surface area contributed by atoms with E-state index >= 15 is 0 Å². The van der Waals surface area contributed by atoms with Gasteiger partial charge in [-0.3, -0.25) is 4.79 Å². The van der Waals surface area contributed by atoms with Crippen LogP contribution in [0.15, 0.2) is 42.5 Å². The first-order valence-electron chi connectivity index (χ1n) is 9.75. The average molecular weight is 357 g/mol. The Labute approximate surface area is 157 Å². The Kier molecular flexibility index (Phi) is 6.15. The predicted octanol–water partition coefficient (Wildman–Crippen LogP) is 3.72. The summed E-state index contributed by atoms with van der Waals surface area (Å²) in [4.78, 5) is 13.0. The van der Waals surface area contributed by atoms with Crippen LogP contribution in [0.2, 0.25) is 0 Å². The smallest absolute Gasteiger partial charge is 0.316 e. The number of esters is 1. The first-order chi connectivity index (χ1) is 12.5. The summed E-state index contributed by atoms with van der Waals surface area (Å²) in [5.41, 5.74) is 0.480. The van der Waals surface area contributed by atoms with Crippen LogP contribution in [0.25, 0.3) is 0 Å². The SMILES string of the molecule is CC1COCCC1N[C@@H]1C=CC(C(=O)OCc2ccccc2)(C(C)C)C1. The normalized spacial score (nSPS) is 31.3. The highest BCUT2D eigenvalue weighted by Gasteiger charge is 2.46. The molecule has 3 rings (SSSR count). The highest BCUT2D eigenvalue weighted by atomic mass is 16.5. The molecular weight excluding hydrogens is 326 g/mol. The third kappa shape index (κ3) is 4.18. The second-order valence-electron chi connectivity index (χ2n) is 8.04. The molecule has 0 saturated carbocycles. The molecule has 4 atom stereocenters. The minimum atomic E-state index is -0.541. The molecule has 0 radical (unpaired) electrons. The zero-order valence-electron chi connectivity index (χ0n) is 16.1. The molecule has 3 unspecified atom stereocenters. The van der Waals surface area contributed by atoms with Crippen molar-refractivity contribution in [1.29, 1.82) is 0 Å². The Hall–Kier alpha value is -1.65. The van der Waals surface area contributed by atoms with Crippen LogP contribution in [-0.4, -0.2) is 31.3 Å². The van der Waals surface area contributed by atoms with Crippen molar-refractivity contribution in [3.63, 3.8) is 0 Å². The van der Waals surface area contributed by atoms with E-state index < -0.39 is 5.41 Å². The molecule has 0 aromatic heterocycles. The zero-order valence-corrected chi connectivity index (χ0v) is 16.1. The molecule has 1 saturated heterocycles. The second-order valence-corrected chi connectivity index (χ2v) is 8.04. The van der Waals surface area contributed by atoms with E-state index in [4.69, 9.17) is 9.47 Å². The molecule has 1 aliphatic heterocycles. The van der Waals surface area contributed by atoms with Gasteiger partial charge >= 0.3 is 5.97 Å². The fourth-order valence-corrected chi connectivity index (χ4v) is 3.98. The van der Waals surface area contributed by atoms with Crippen LogP contribution < -0.4 is 5.32 Å². The molecule has 0 bridgehead atoms. The molecule has 26 heavy (non-hydrogen) atoms. The van der Waals surface area contributed by atoms with Crippen molar-refractivity contribution in [2.45, 2.75) is 52.3 Å². The molecule has 0 amide bonds. The van der Waals surface area contributed by atoms with E-state index in [0.717, 1.165) is 31.6 Å². The van der Waals surface area contributed by atoms with Crippen LogP contribution >= 0.6 is 0 Å². The van der Waals surface area contributed by atoms with E-state index in [-0.39, 0.29) is 17.9 Å². The number of rotatable bonds is 6. The highest BCUT2D eigenvalue weighted by Crippen LogP contribution is 2.41. The number of hydrogen-bond acceptors (Lipinski definition) is 4. The topological polar surface area (TPSA) is 47.6 Å². The number of hydrogen-bond donors (Lipinski definition) is 1. The molecule has 2 aliphatic rings. The standard InChI is InChI=1S/C22H31NO3/c1-16(2)22(21(24)26-15-18-7-5-4-6-8-18)11-9-19(13-22)23-20-10-12-25-14-17(20)3/h4-9,11,16-17,19-20,23H,10,12-15H2,1-3H3/t17?,19-,20?,22?/m1/s1. The molecule has 1 aromatic carbocycles. The van der Waals surface area contributed by atoms with Gasteiger partial charge in [0.2, 0.25) is 0 Å². The molecule has 4 heteroatoms. The van der Waals surface area contributed by atoms with E-state index in [0.29, 0.717) is 18.6 Å². The van der Waals surface area contributed by atoms with Crippen LogP contribution in [0.3, 0.4) is 0 Å². The molecule has 1 N–H and O–H groups in total. The Morgan fingerprint density at radius 1 is 1.35 bits per heavy atom. The lowest BCUT2D eigenvalue weighted by Gasteiger charge is -2.34. The summed E-state index contributed by atoms with van der Waals surface area (Å²) in [6, 6.07) is 10.5. The summed E-state index contributed by atoms with van der Waals surface area (Å²) in [6.07, 6.45) is 6.03. The summed E-state index contributed by atoms with van der Waals surface area (Å²) in [5, 5.41) is 3.73. The van der Waals surface area contributed by atoms with Crippen LogP contribution in [0.5, 0.6) is 0 Å². The average Bonchev–Trinajstić information content (AvgIpc) is 3.08. The maximum atomic E-state index is 13.0. The zero-order chi connectivity index (χ0) is 18.6. The van der Waals surface area contributed by atoms with Gasteiger partial charge in [-0.2, -0.15) is 0 Å². The maximum absolute atomic E-state index is 13.0. The van der Waals surface area contributed by atoms with Crippen molar-refractivity contribution in [3.8, 4) is 0 Å². The van der Waals surface area contributed by atoms with Crippen molar-refractivity contribution in [2.24, 2.45) is 17.3 Å². The van der Waals surface area contributed by atoms with Crippen molar-refractivity contribution in [3.05, 3.63) is 48.0 Å². The molecule has 1 fully saturated rings. The van der Waals surface area contributed by atoms with E-state index in [2.05, 4.69) is 38.2 Å². The molecule has 1 heterocycles. The van der Waals surface area contributed by atoms with Crippen LogP contribution in [-0.2, 0) is 20.9 Å². The maximum Gasteiger partial charge on any atom is 0.316 e. The Morgan fingerprint density at radius 2 is 2.12 bits per heavy atom. The van der Waals surface area contributed by atoms with Gasteiger partial charge in [0.25, 0.3) is 0 Å². The van der Waals surface area contributed by atoms with Gasteiger partial charge in [-0.15, -0.1) is 0 Å². The van der Waals surface area contributed by atoms with Crippen molar-refractivity contribution in [1.82, 2.24) is 5.32 Å². The fourth-order valence-electron chi connectivity index (χ4n) is 3.98. The Morgan fingerprint density at radius 3 is 2.81 bits per heavy atom. The molecular formula is C22H31NO3. The summed E-state index contributed by atoms with van der Waals surface area (Å²) in [7, 11) is 0. The van der Waals surface area contributed by atoms with Crippen molar-refractivity contribution >= 4 is 5.97 Å². The summed E-state index contributed by atoms with van der Waals surface area (Å²) in [6.45, 7) is 8.38. The number of carbonyl (C=O) groups is 1. The van der Waals surface area contributed by atoms with Crippen molar-refractivity contribution in [2.75, 3.05) is 13.2 Å². The fraction of sp³-hybridized carbons (Fsp3) is 0.591. The van der Waals surface area contributed by atoms with Gasteiger partial charge in [0.05, 0.1) is 12.0 Å². The number of benzene rings is 1. The first kappa shape index (κ1) is 19.1. The third-order valence-corrected chi connectivity index (χ3v) is 5.88. The van der Waals surface area contributed by atoms with Crippen LogP contribution in [0, 0.1) is 17.3 Å². The number of ether oxygens (including phenoxy) is 2. The Balaban J connectivity index is 1.61.